The van der Waals surface area contributed by atoms with Crippen LogP contribution in [-0.2, 0) is 4.79 Å². The molecule has 0 saturated heterocycles. The van der Waals surface area contributed by atoms with Crippen molar-refractivity contribution in [2.45, 2.75) is 39.8 Å². The number of benzene rings is 1. The minimum Gasteiger partial charge on any atom is -0.491 e. The summed E-state index contributed by atoms with van der Waals surface area (Å²) in [5.41, 5.74) is 0.410. The number of carbonyl (C=O) groups excluding carboxylic acids is 1. The van der Waals surface area contributed by atoms with Gasteiger partial charge >= 0.3 is 5.97 Å². The Balaban J connectivity index is 2.74. The lowest BCUT2D eigenvalue weighted by atomic mass is 10.0. The van der Waals surface area contributed by atoms with E-state index in [0.717, 1.165) is 0 Å². The summed E-state index contributed by atoms with van der Waals surface area (Å²) in [4.78, 5) is 23.0. The third-order valence-corrected chi connectivity index (χ3v) is 2.71. The van der Waals surface area contributed by atoms with Crippen LogP contribution in [0.2, 0.25) is 0 Å². The summed E-state index contributed by atoms with van der Waals surface area (Å²) in [5.74, 6) is -0.939. The van der Waals surface area contributed by atoms with E-state index in [4.69, 9.17) is 9.84 Å². The molecule has 1 atom stereocenters. The molecule has 0 spiro atoms. The third-order valence-electron chi connectivity index (χ3n) is 2.71. The fraction of sp³-hybridized carbons (Fsp3) is 0.467. The summed E-state index contributed by atoms with van der Waals surface area (Å²) in [6, 6.07) is 5.73. The fourth-order valence-electron chi connectivity index (χ4n) is 1.70. The van der Waals surface area contributed by atoms with E-state index >= 15 is 0 Å². The van der Waals surface area contributed by atoms with Crippen LogP contribution in [0.3, 0.4) is 0 Å². The largest absolute Gasteiger partial charge is 0.491 e. The Morgan fingerprint density at radius 2 is 1.65 bits per heavy atom. The van der Waals surface area contributed by atoms with Crippen molar-refractivity contribution in [2.24, 2.45) is 5.92 Å². The number of rotatable bonds is 6. The van der Waals surface area contributed by atoms with Crippen LogP contribution < -0.4 is 10.1 Å². The molecule has 1 aromatic carbocycles. The lowest BCUT2D eigenvalue weighted by Gasteiger charge is -2.18. The van der Waals surface area contributed by atoms with Crippen molar-refractivity contribution in [1.82, 2.24) is 5.32 Å². The molecule has 0 aliphatic rings. The average molecular weight is 279 g/mol. The van der Waals surface area contributed by atoms with Crippen molar-refractivity contribution in [3.8, 4) is 5.75 Å². The number of carboxylic acids is 1. The summed E-state index contributed by atoms with van der Waals surface area (Å²) in [5, 5.41) is 11.6. The third kappa shape index (κ3) is 4.57. The van der Waals surface area contributed by atoms with Crippen molar-refractivity contribution in [3.63, 3.8) is 0 Å². The van der Waals surface area contributed by atoms with E-state index in [1.807, 2.05) is 13.8 Å². The molecule has 0 aromatic heterocycles. The first-order valence-electron chi connectivity index (χ1n) is 6.61. The zero-order chi connectivity index (χ0) is 15.3. The molecule has 0 saturated carbocycles. The Morgan fingerprint density at radius 3 is 2.05 bits per heavy atom. The summed E-state index contributed by atoms with van der Waals surface area (Å²) in [7, 11) is 0. The molecule has 0 unspecified atom stereocenters. The smallest absolute Gasteiger partial charge is 0.326 e. The lowest BCUT2D eigenvalue weighted by molar-refractivity contribution is -0.140. The van der Waals surface area contributed by atoms with E-state index in [9.17, 15) is 9.59 Å². The minimum absolute atomic E-state index is 0.0620. The van der Waals surface area contributed by atoms with Crippen molar-refractivity contribution in [3.05, 3.63) is 29.8 Å². The van der Waals surface area contributed by atoms with Gasteiger partial charge in [0.05, 0.1) is 6.10 Å². The van der Waals surface area contributed by atoms with E-state index in [1.165, 1.54) is 0 Å². The second-order valence-corrected chi connectivity index (χ2v) is 5.22. The van der Waals surface area contributed by atoms with Crippen LogP contribution in [0.4, 0.5) is 0 Å². The van der Waals surface area contributed by atoms with Crippen LogP contribution in [0, 0.1) is 5.92 Å². The number of hydrogen-bond acceptors (Lipinski definition) is 3. The first-order chi connectivity index (χ1) is 9.31. The van der Waals surface area contributed by atoms with E-state index in [2.05, 4.69) is 5.32 Å². The predicted octanol–water partition coefficient (Wildman–Crippen LogP) is 2.31. The highest BCUT2D eigenvalue weighted by Crippen LogP contribution is 2.14. The van der Waals surface area contributed by atoms with E-state index < -0.39 is 17.9 Å². The summed E-state index contributed by atoms with van der Waals surface area (Å²) >= 11 is 0. The number of aliphatic carboxylic acids is 1. The minimum atomic E-state index is -1.03. The zero-order valence-corrected chi connectivity index (χ0v) is 12.2. The second-order valence-electron chi connectivity index (χ2n) is 5.22. The van der Waals surface area contributed by atoms with E-state index in [1.54, 1.807) is 38.1 Å². The average Bonchev–Trinajstić information content (AvgIpc) is 2.35. The molecule has 5 nitrogen and oxygen atoms in total. The number of carboxylic acid groups (broad SMARTS) is 1. The van der Waals surface area contributed by atoms with E-state index in [0.29, 0.717) is 11.3 Å². The molecule has 20 heavy (non-hydrogen) atoms. The van der Waals surface area contributed by atoms with Gasteiger partial charge in [-0.2, -0.15) is 0 Å². The van der Waals surface area contributed by atoms with Crippen LogP contribution >= 0.6 is 0 Å². The molecule has 0 fully saturated rings. The van der Waals surface area contributed by atoms with Crippen molar-refractivity contribution in [1.29, 1.82) is 0 Å². The van der Waals surface area contributed by atoms with Gasteiger partial charge in [-0.05, 0) is 44.0 Å². The maximum atomic E-state index is 12.0. The van der Waals surface area contributed by atoms with Crippen LogP contribution in [0.1, 0.15) is 38.1 Å². The van der Waals surface area contributed by atoms with Crippen LogP contribution in [0.5, 0.6) is 5.75 Å². The second kappa shape index (κ2) is 6.93. The van der Waals surface area contributed by atoms with Crippen LogP contribution in [0.25, 0.3) is 0 Å². The van der Waals surface area contributed by atoms with Crippen LogP contribution in [0.15, 0.2) is 24.3 Å². The quantitative estimate of drug-likeness (QED) is 0.838. The molecule has 1 aromatic rings. The van der Waals surface area contributed by atoms with Gasteiger partial charge in [-0.25, -0.2) is 4.79 Å². The number of amides is 1. The Hall–Kier alpha value is -2.04. The van der Waals surface area contributed by atoms with Crippen molar-refractivity contribution in [2.75, 3.05) is 0 Å². The molecule has 5 heteroatoms. The Morgan fingerprint density at radius 1 is 1.10 bits per heavy atom. The van der Waals surface area contributed by atoms with Gasteiger partial charge < -0.3 is 15.2 Å². The van der Waals surface area contributed by atoms with Gasteiger partial charge in [0, 0.05) is 5.56 Å². The molecule has 1 rings (SSSR count). The number of carbonyl (C=O) groups is 2. The summed E-state index contributed by atoms with van der Waals surface area (Å²) in [6.07, 6.45) is 0.0620. The first kappa shape index (κ1) is 16.0. The topological polar surface area (TPSA) is 75.6 Å². The molecule has 2 N–H and O–H groups in total. The highest BCUT2D eigenvalue weighted by atomic mass is 16.5. The van der Waals surface area contributed by atoms with Crippen molar-refractivity contribution >= 4 is 11.9 Å². The molecule has 0 heterocycles. The monoisotopic (exact) mass is 279 g/mol. The highest BCUT2D eigenvalue weighted by molar-refractivity contribution is 5.96. The summed E-state index contributed by atoms with van der Waals surface area (Å²) < 4.78 is 5.48. The summed E-state index contributed by atoms with van der Waals surface area (Å²) in [6.45, 7) is 7.33. The number of nitrogens with one attached hydrogen (secondary N) is 1. The van der Waals surface area contributed by atoms with Gasteiger partial charge in [0.25, 0.3) is 5.91 Å². The standard InChI is InChI=1S/C15H21NO4/c1-9(2)13(15(18)19)16-14(17)11-5-7-12(8-6-11)20-10(3)4/h5-10,13H,1-4H3,(H,16,17)(H,18,19)/t13-/m0/s1. The molecule has 0 aliphatic heterocycles. The Labute approximate surface area is 118 Å². The highest BCUT2D eigenvalue weighted by Gasteiger charge is 2.23. The van der Waals surface area contributed by atoms with Crippen molar-refractivity contribution < 1.29 is 19.4 Å². The van der Waals surface area contributed by atoms with Gasteiger partial charge in [0.2, 0.25) is 0 Å². The molecular formula is C15H21NO4. The zero-order valence-electron chi connectivity index (χ0n) is 12.2. The SMILES string of the molecule is CC(C)Oc1ccc(C(=O)N[C@H](C(=O)O)C(C)C)cc1. The van der Waals surface area contributed by atoms with Gasteiger partial charge in [-0.1, -0.05) is 13.8 Å². The maximum Gasteiger partial charge on any atom is 0.326 e. The maximum absolute atomic E-state index is 12.0. The van der Waals surface area contributed by atoms with Crippen LogP contribution in [-0.4, -0.2) is 29.1 Å². The molecule has 0 radical (unpaired) electrons. The lowest BCUT2D eigenvalue weighted by Crippen LogP contribution is -2.44. The van der Waals surface area contributed by atoms with Gasteiger partial charge in [0.1, 0.15) is 11.8 Å². The van der Waals surface area contributed by atoms with Gasteiger partial charge in [-0.3, -0.25) is 4.79 Å². The Kier molecular flexibility index (Phi) is 5.55. The molecule has 1 amide bonds. The van der Waals surface area contributed by atoms with E-state index in [-0.39, 0.29) is 12.0 Å². The van der Waals surface area contributed by atoms with Gasteiger partial charge in [0.15, 0.2) is 0 Å². The normalized spacial score (nSPS) is 12.3. The molecule has 0 bridgehead atoms. The molecular weight excluding hydrogens is 258 g/mol. The number of ether oxygens (including phenoxy) is 1. The fourth-order valence-corrected chi connectivity index (χ4v) is 1.70. The molecule has 0 aliphatic carbocycles. The van der Waals surface area contributed by atoms with Gasteiger partial charge in [-0.15, -0.1) is 0 Å². The first-order valence-corrected chi connectivity index (χ1v) is 6.61. The predicted molar refractivity (Wildman–Crippen MR) is 75.9 cm³/mol. The Bertz CT molecular complexity index is 465. The number of hydrogen-bond donors (Lipinski definition) is 2. The molecule has 110 valence electrons.